The highest BCUT2D eigenvalue weighted by Gasteiger charge is 2.67. The van der Waals surface area contributed by atoms with Gasteiger partial charge in [-0.25, -0.2) is 0 Å². The maximum atomic E-state index is 13.2. The van der Waals surface area contributed by atoms with Gasteiger partial charge in [0.1, 0.15) is 11.2 Å². The van der Waals surface area contributed by atoms with Crippen LogP contribution in [0.3, 0.4) is 0 Å². The number of rotatable bonds is 10. The lowest BCUT2D eigenvalue weighted by atomic mass is 9.70. The molecule has 0 bridgehead atoms. The summed E-state index contributed by atoms with van der Waals surface area (Å²) < 4.78 is 10.4. The smallest absolute Gasteiger partial charge is 0.320 e. The number of ketones is 1. The summed E-state index contributed by atoms with van der Waals surface area (Å²) in [5.74, 6) is -3.68. The van der Waals surface area contributed by atoms with E-state index in [4.69, 9.17) is 9.47 Å². The van der Waals surface area contributed by atoms with Crippen LogP contribution in [0, 0.1) is 21.4 Å². The highest BCUT2D eigenvalue weighted by atomic mass is 16.6. The van der Waals surface area contributed by atoms with Crippen LogP contribution in [0.4, 0.5) is 0 Å². The summed E-state index contributed by atoms with van der Waals surface area (Å²) in [4.78, 5) is 49.9. The summed E-state index contributed by atoms with van der Waals surface area (Å²) >= 11 is 0. The van der Waals surface area contributed by atoms with Crippen molar-refractivity contribution in [3.8, 4) is 0 Å². The van der Waals surface area contributed by atoms with E-state index in [1.54, 1.807) is 37.3 Å². The third-order valence-corrected chi connectivity index (χ3v) is 5.80. The SMILES string of the molecule is CCCCOC(=O)[C@]1(C(C)=O)C[C@@H](CC(=O)OCC)[C@@H]([N+](=O)[O-])[C@@H]1c1ccccc1. The molecular weight excluding hydrogens is 390 g/mol. The predicted octanol–water partition coefficient (Wildman–Crippen LogP) is 3.31. The van der Waals surface area contributed by atoms with E-state index in [0.29, 0.717) is 12.0 Å². The average Bonchev–Trinajstić information content (AvgIpc) is 3.05. The Hall–Kier alpha value is -2.77. The fourth-order valence-corrected chi connectivity index (χ4v) is 4.44. The molecule has 1 aromatic carbocycles. The zero-order chi connectivity index (χ0) is 22.3. The first-order valence-corrected chi connectivity index (χ1v) is 10.3. The lowest BCUT2D eigenvalue weighted by Crippen LogP contribution is -2.44. The van der Waals surface area contributed by atoms with Crippen LogP contribution < -0.4 is 0 Å². The normalized spacial score (nSPS) is 25.5. The van der Waals surface area contributed by atoms with E-state index in [1.165, 1.54) is 6.92 Å². The van der Waals surface area contributed by atoms with Crippen LogP contribution in [-0.4, -0.2) is 41.9 Å². The molecule has 0 amide bonds. The van der Waals surface area contributed by atoms with E-state index in [1.807, 2.05) is 6.92 Å². The van der Waals surface area contributed by atoms with Crippen LogP contribution in [0.1, 0.15) is 57.9 Å². The number of nitro groups is 1. The topological polar surface area (TPSA) is 113 Å². The number of carbonyl (C=O) groups excluding carboxylic acids is 3. The Morgan fingerprint density at radius 2 is 1.83 bits per heavy atom. The molecule has 1 fully saturated rings. The molecule has 2 rings (SSSR count). The van der Waals surface area contributed by atoms with E-state index in [9.17, 15) is 24.5 Å². The van der Waals surface area contributed by atoms with Crippen molar-refractivity contribution in [1.29, 1.82) is 0 Å². The first-order chi connectivity index (χ1) is 14.3. The number of unbranched alkanes of at least 4 members (excludes halogenated alkanes) is 1. The second-order valence-electron chi connectivity index (χ2n) is 7.65. The quantitative estimate of drug-likeness (QED) is 0.188. The molecule has 0 aliphatic heterocycles. The highest BCUT2D eigenvalue weighted by molar-refractivity contribution is 6.04. The number of Topliss-reactive ketones (excluding diaryl/α,β-unsaturated/α-hetero) is 1. The summed E-state index contributed by atoms with van der Waals surface area (Å²) in [7, 11) is 0. The molecule has 0 saturated heterocycles. The lowest BCUT2D eigenvalue weighted by Gasteiger charge is -2.31. The lowest BCUT2D eigenvalue weighted by molar-refractivity contribution is -0.532. The molecule has 1 saturated carbocycles. The van der Waals surface area contributed by atoms with Crippen molar-refractivity contribution < 1.29 is 28.8 Å². The van der Waals surface area contributed by atoms with Crippen LogP contribution in [0.2, 0.25) is 0 Å². The standard InChI is InChI=1S/C22H29NO7/c1-4-6-12-30-21(26)22(15(3)24)14-17(13-18(25)29-5-2)20(23(27)28)19(22)16-10-8-7-9-11-16/h7-11,17,19-20H,4-6,12-14H2,1-3H3/t17-,19+,20-,22+/m1/s1. The highest BCUT2D eigenvalue weighted by Crippen LogP contribution is 2.55. The van der Waals surface area contributed by atoms with E-state index in [-0.39, 0.29) is 26.1 Å². The van der Waals surface area contributed by atoms with Crippen molar-refractivity contribution in [2.75, 3.05) is 13.2 Å². The Labute approximate surface area is 176 Å². The minimum absolute atomic E-state index is 0.128. The molecule has 0 radical (unpaired) electrons. The molecule has 1 aliphatic carbocycles. The van der Waals surface area contributed by atoms with E-state index >= 15 is 0 Å². The van der Waals surface area contributed by atoms with E-state index in [2.05, 4.69) is 0 Å². The van der Waals surface area contributed by atoms with Crippen LogP contribution >= 0.6 is 0 Å². The maximum absolute atomic E-state index is 13.2. The Kier molecular flexibility index (Phi) is 8.08. The summed E-state index contributed by atoms with van der Waals surface area (Å²) in [6.07, 6.45) is 1.06. The van der Waals surface area contributed by atoms with E-state index < -0.39 is 45.9 Å². The fourth-order valence-electron chi connectivity index (χ4n) is 4.44. The van der Waals surface area contributed by atoms with Gasteiger partial charge in [-0.3, -0.25) is 24.5 Å². The molecule has 1 aromatic rings. The molecule has 164 valence electrons. The minimum atomic E-state index is -1.72. The van der Waals surface area contributed by atoms with Crippen molar-refractivity contribution in [3.63, 3.8) is 0 Å². The second-order valence-corrected chi connectivity index (χ2v) is 7.65. The number of hydrogen-bond acceptors (Lipinski definition) is 7. The zero-order valence-electron chi connectivity index (χ0n) is 17.7. The van der Waals surface area contributed by atoms with Crippen molar-refractivity contribution in [3.05, 3.63) is 46.0 Å². The molecule has 0 heterocycles. The van der Waals surface area contributed by atoms with Gasteiger partial charge in [-0.15, -0.1) is 0 Å². The van der Waals surface area contributed by atoms with Crippen molar-refractivity contribution in [2.45, 2.75) is 58.4 Å². The molecule has 30 heavy (non-hydrogen) atoms. The Bertz CT molecular complexity index is 779. The second kappa shape index (κ2) is 10.3. The summed E-state index contributed by atoms with van der Waals surface area (Å²) in [5.41, 5.74) is -1.21. The number of carbonyl (C=O) groups is 3. The molecule has 1 aliphatic rings. The third kappa shape index (κ3) is 4.68. The van der Waals surface area contributed by atoms with Gasteiger partial charge in [0.15, 0.2) is 0 Å². The first kappa shape index (κ1) is 23.5. The molecule has 0 spiro atoms. The molecule has 8 nitrogen and oxygen atoms in total. The van der Waals surface area contributed by atoms with Crippen LogP contribution in [-0.2, 0) is 23.9 Å². The number of esters is 2. The van der Waals surface area contributed by atoms with Gasteiger partial charge in [-0.1, -0.05) is 43.7 Å². The number of nitrogens with zero attached hydrogens (tertiary/aromatic N) is 1. The van der Waals surface area contributed by atoms with Gasteiger partial charge in [0.2, 0.25) is 6.04 Å². The van der Waals surface area contributed by atoms with E-state index in [0.717, 1.165) is 6.42 Å². The molecule has 0 aromatic heterocycles. The summed E-state index contributed by atoms with van der Waals surface area (Å²) in [6, 6.07) is 7.22. The van der Waals surface area contributed by atoms with Crippen LogP contribution in [0.15, 0.2) is 30.3 Å². The van der Waals surface area contributed by atoms with Gasteiger partial charge >= 0.3 is 11.9 Å². The van der Waals surface area contributed by atoms with Gasteiger partial charge in [0.25, 0.3) is 0 Å². The van der Waals surface area contributed by atoms with Gasteiger partial charge in [0.05, 0.1) is 25.6 Å². The monoisotopic (exact) mass is 419 g/mol. The van der Waals surface area contributed by atoms with Crippen molar-refractivity contribution >= 4 is 17.7 Å². The van der Waals surface area contributed by atoms with Crippen LogP contribution in [0.25, 0.3) is 0 Å². The van der Waals surface area contributed by atoms with Crippen molar-refractivity contribution in [1.82, 2.24) is 0 Å². The number of ether oxygens (including phenoxy) is 2. The fraction of sp³-hybridized carbons (Fsp3) is 0.591. The third-order valence-electron chi connectivity index (χ3n) is 5.80. The molecule has 0 N–H and O–H groups in total. The van der Waals surface area contributed by atoms with Gasteiger partial charge < -0.3 is 9.47 Å². The summed E-state index contributed by atoms with van der Waals surface area (Å²) in [6.45, 7) is 5.14. The first-order valence-electron chi connectivity index (χ1n) is 10.3. The van der Waals surface area contributed by atoms with Gasteiger partial charge in [-0.05, 0) is 32.3 Å². The zero-order valence-corrected chi connectivity index (χ0v) is 17.7. The Morgan fingerprint density at radius 3 is 2.37 bits per heavy atom. The minimum Gasteiger partial charge on any atom is -0.466 e. The Balaban J connectivity index is 2.57. The Morgan fingerprint density at radius 1 is 1.17 bits per heavy atom. The molecule has 4 atom stereocenters. The largest absolute Gasteiger partial charge is 0.466 e. The number of hydrogen-bond donors (Lipinski definition) is 0. The van der Waals surface area contributed by atoms with Gasteiger partial charge in [0, 0.05) is 10.8 Å². The van der Waals surface area contributed by atoms with Crippen LogP contribution in [0.5, 0.6) is 0 Å². The van der Waals surface area contributed by atoms with Gasteiger partial charge in [-0.2, -0.15) is 0 Å². The number of benzene rings is 1. The molecular formula is C22H29NO7. The maximum Gasteiger partial charge on any atom is 0.320 e. The molecule has 8 heteroatoms. The molecule has 0 unspecified atom stereocenters. The predicted molar refractivity (Wildman–Crippen MR) is 108 cm³/mol. The van der Waals surface area contributed by atoms with Crippen molar-refractivity contribution in [2.24, 2.45) is 11.3 Å². The summed E-state index contributed by atoms with van der Waals surface area (Å²) in [5, 5.41) is 12.1. The average molecular weight is 419 g/mol.